The molecule has 19 heavy (non-hydrogen) atoms. The lowest BCUT2D eigenvalue weighted by molar-refractivity contribution is -0.137. The first kappa shape index (κ1) is 13.1. The summed E-state index contributed by atoms with van der Waals surface area (Å²) in [6, 6.07) is 0.496. The molecule has 5 nitrogen and oxygen atoms in total. The van der Waals surface area contributed by atoms with E-state index < -0.39 is 0 Å². The molecule has 104 valence electrons. The predicted octanol–water partition coefficient (Wildman–Crippen LogP) is 1.51. The molecule has 1 aromatic heterocycles. The van der Waals surface area contributed by atoms with Crippen LogP contribution in [0.5, 0.6) is 0 Å². The second-order valence-electron chi connectivity index (χ2n) is 5.52. The Labute approximate surface area is 121 Å². The molecule has 0 bridgehead atoms. The molecule has 1 atom stereocenters. The summed E-state index contributed by atoms with van der Waals surface area (Å²) in [7, 11) is 1.92. The Kier molecular flexibility index (Phi) is 3.62. The van der Waals surface area contributed by atoms with Gasteiger partial charge in [0.05, 0.1) is 22.8 Å². The van der Waals surface area contributed by atoms with Gasteiger partial charge in [0.2, 0.25) is 5.91 Å². The van der Waals surface area contributed by atoms with Crippen LogP contribution in [0.1, 0.15) is 25.3 Å². The largest absolute Gasteiger partial charge is 0.344 e. The molecule has 3 heterocycles. The van der Waals surface area contributed by atoms with Crippen LogP contribution in [-0.2, 0) is 4.79 Å². The highest BCUT2D eigenvalue weighted by molar-refractivity contribution is 9.10. The highest BCUT2D eigenvalue weighted by atomic mass is 79.9. The van der Waals surface area contributed by atoms with E-state index in [2.05, 4.69) is 25.9 Å². The molecule has 1 aromatic rings. The minimum absolute atomic E-state index is 0.0859. The van der Waals surface area contributed by atoms with Crippen molar-refractivity contribution < 1.29 is 4.79 Å². The summed E-state index contributed by atoms with van der Waals surface area (Å²) in [5, 5.41) is 4.32. The number of carbonyl (C=O) groups is 1. The van der Waals surface area contributed by atoms with Crippen LogP contribution in [0.15, 0.2) is 16.9 Å². The molecule has 1 unspecified atom stereocenters. The molecule has 2 saturated heterocycles. The minimum Gasteiger partial charge on any atom is -0.344 e. The number of aromatic nitrogens is 2. The van der Waals surface area contributed by atoms with E-state index in [4.69, 9.17) is 0 Å². The molecular formula is C13H19BrN4O. The van der Waals surface area contributed by atoms with E-state index in [9.17, 15) is 4.79 Å². The zero-order valence-electron chi connectivity index (χ0n) is 11.1. The van der Waals surface area contributed by atoms with Crippen LogP contribution in [-0.4, -0.2) is 58.2 Å². The molecule has 6 heteroatoms. The van der Waals surface area contributed by atoms with Crippen LogP contribution in [0.25, 0.3) is 0 Å². The Bertz CT molecular complexity index is 469. The first-order valence-corrected chi connectivity index (χ1v) is 7.63. The predicted molar refractivity (Wildman–Crippen MR) is 75.8 cm³/mol. The Morgan fingerprint density at radius 1 is 1.37 bits per heavy atom. The molecule has 1 amide bonds. The van der Waals surface area contributed by atoms with Crippen molar-refractivity contribution in [3.63, 3.8) is 0 Å². The third-order valence-corrected chi connectivity index (χ3v) is 4.57. The Hall–Kier alpha value is -0.880. The van der Waals surface area contributed by atoms with Gasteiger partial charge >= 0.3 is 0 Å². The summed E-state index contributed by atoms with van der Waals surface area (Å²) < 4.78 is 3.00. The third kappa shape index (κ3) is 2.56. The molecule has 2 aliphatic rings. The number of likely N-dealkylation sites (N-methyl/N-ethyl adjacent to an activating group) is 1. The normalized spacial score (nSPS) is 26.3. The van der Waals surface area contributed by atoms with Crippen molar-refractivity contribution in [3.8, 4) is 0 Å². The Morgan fingerprint density at radius 2 is 2.16 bits per heavy atom. The van der Waals surface area contributed by atoms with Gasteiger partial charge in [-0.25, -0.2) is 0 Å². The van der Waals surface area contributed by atoms with Gasteiger partial charge < -0.3 is 4.90 Å². The molecule has 3 rings (SSSR count). The van der Waals surface area contributed by atoms with Gasteiger partial charge in [-0.05, 0) is 35.2 Å². The molecule has 0 radical (unpaired) electrons. The van der Waals surface area contributed by atoms with Crippen LogP contribution < -0.4 is 0 Å². The maximum absolute atomic E-state index is 12.3. The Morgan fingerprint density at radius 3 is 2.84 bits per heavy atom. The molecule has 0 aliphatic carbocycles. The van der Waals surface area contributed by atoms with Gasteiger partial charge in [-0.15, -0.1) is 0 Å². The van der Waals surface area contributed by atoms with Gasteiger partial charge in [0.15, 0.2) is 0 Å². The van der Waals surface area contributed by atoms with Crippen LogP contribution in [0.3, 0.4) is 0 Å². The van der Waals surface area contributed by atoms with Crippen molar-refractivity contribution in [2.24, 2.45) is 0 Å². The van der Waals surface area contributed by atoms with Crippen molar-refractivity contribution in [1.29, 1.82) is 0 Å². The minimum atomic E-state index is 0.0859. The summed E-state index contributed by atoms with van der Waals surface area (Å²) in [6.07, 6.45) is 7.09. The molecular weight excluding hydrogens is 308 g/mol. The Balaban J connectivity index is 1.61. The van der Waals surface area contributed by atoms with Crippen molar-refractivity contribution in [2.75, 3.05) is 26.7 Å². The summed E-state index contributed by atoms with van der Waals surface area (Å²) in [6.45, 7) is 2.76. The quantitative estimate of drug-likeness (QED) is 0.827. The molecule has 2 aliphatic heterocycles. The number of hydrogen-bond acceptors (Lipinski definition) is 3. The molecule has 0 spiro atoms. The number of hydrogen-bond donors (Lipinski definition) is 0. The molecule has 0 N–H and O–H groups in total. The van der Waals surface area contributed by atoms with Crippen molar-refractivity contribution in [3.05, 3.63) is 16.9 Å². The van der Waals surface area contributed by atoms with Gasteiger partial charge in [0.25, 0.3) is 0 Å². The summed E-state index contributed by atoms with van der Waals surface area (Å²) in [5.41, 5.74) is 0. The van der Waals surface area contributed by atoms with E-state index in [1.165, 1.54) is 0 Å². The van der Waals surface area contributed by atoms with Gasteiger partial charge in [0, 0.05) is 32.9 Å². The third-order valence-electron chi connectivity index (χ3n) is 4.16. The maximum atomic E-state index is 12.3. The number of nitrogens with zero attached hydrogens (tertiary/aromatic N) is 4. The van der Waals surface area contributed by atoms with E-state index in [-0.39, 0.29) is 11.9 Å². The lowest BCUT2D eigenvalue weighted by Crippen LogP contribution is -2.57. The zero-order chi connectivity index (χ0) is 13.4. The van der Waals surface area contributed by atoms with Crippen LogP contribution in [0.2, 0.25) is 0 Å². The first-order valence-electron chi connectivity index (χ1n) is 6.84. The van der Waals surface area contributed by atoms with E-state index in [0.29, 0.717) is 6.04 Å². The fourth-order valence-corrected chi connectivity index (χ4v) is 3.24. The monoisotopic (exact) mass is 326 g/mol. The highest BCUT2D eigenvalue weighted by Gasteiger charge is 2.38. The molecule has 2 fully saturated rings. The summed E-state index contributed by atoms with van der Waals surface area (Å²) in [5.74, 6) is 0.289. The van der Waals surface area contributed by atoms with E-state index >= 15 is 0 Å². The van der Waals surface area contributed by atoms with E-state index in [0.717, 1.165) is 43.4 Å². The van der Waals surface area contributed by atoms with E-state index in [1.54, 1.807) is 0 Å². The second kappa shape index (κ2) is 5.25. The van der Waals surface area contributed by atoms with Gasteiger partial charge in [-0.3, -0.25) is 14.4 Å². The molecule has 0 saturated carbocycles. The highest BCUT2D eigenvalue weighted by Crippen LogP contribution is 2.28. The van der Waals surface area contributed by atoms with Crippen LogP contribution in [0.4, 0.5) is 0 Å². The fourth-order valence-electron chi connectivity index (χ4n) is 2.94. The van der Waals surface area contributed by atoms with Gasteiger partial charge in [-0.1, -0.05) is 0 Å². The number of halogens is 1. The topological polar surface area (TPSA) is 41.4 Å². The van der Waals surface area contributed by atoms with Crippen molar-refractivity contribution in [2.45, 2.75) is 31.3 Å². The lowest BCUT2D eigenvalue weighted by atomic mass is 10.0. The van der Waals surface area contributed by atoms with Gasteiger partial charge in [0.1, 0.15) is 0 Å². The first-order chi connectivity index (χ1) is 9.15. The average molecular weight is 327 g/mol. The SMILES string of the molecule is CN1CCCCC(N2CC(n3cc(Br)cn3)C2)C1=O. The van der Waals surface area contributed by atoms with Crippen LogP contribution >= 0.6 is 15.9 Å². The number of carbonyl (C=O) groups excluding carboxylic acids is 1. The molecule has 0 aromatic carbocycles. The van der Waals surface area contributed by atoms with Crippen molar-refractivity contribution >= 4 is 21.8 Å². The zero-order valence-corrected chi connectivity index (χ0v) is 12.7. The number of likely N-dealkylation sites (tertiary alicyclic amines) is 2. The van der Waals surface area contributed by atoms with Crippen LogP contribution in [0, 0.1) is 0 Å². The fraction of sp³-hybridized carbons (Fsp3) is 0.692. The second-order valence-corrected chi connectivity index (χ2v) is 6.43. The maximum Gasteiger partial charge on any atom is 0.239 e. The lowest BCUT2D eigenvalue weighted by Gasteiger charge is -2.43. The number of amides is 1. The summed E-state index contributed by atoms with van der Waals surface area (Å²) in [4.78, 5) is 16.5. The van der Waals surface area contributed by atoms with E-state index in [1.807, 2.05) is 29.0 Å². The number of rotatable bonds is 2. The smallest absolute Gasteiger partial charge is 0.239 e. The van der Waals surface area contributed by atoms with Gasteiger partial charge in [-0.2, -0.15) is 5.10 Å². The standard InChI is InChI=1S/C13H19BrN4O/c1-16-5-3-2-4-12(13(16)19)17-8-11(9-17)18-7-10(14)6-15-18/h6-7,11-12H,2-5,8-9H2,1H3. The average Bonchev–Trinajstić information content (AvgIpc) is 2.68. The summed E-state index contributed by atoms with van der Waals surface area (Å²) >= 11 is 3.42. The van der Waals surface area contributed by atoms with Crippen molar-refractivity contribution in [1.82, 2.24) is 19.6 Å².